The van der Waals surface area contributed by atoms with Crippen molar-refractivity contribution in [2.24, 2.45) is 4.99 Å². The van der Waals surface area contributed by atoms with E-state index in [1.165, 1.54) is 48.7 Å². The molecular formula is C22H15ClF3N3O3. The summed E-state index contributed by atoms with van der Waals surface area (Å²) in [5.41, 5.74) is -3.33. The van der Waals surface area contributed by atoms with Crippen LogP contribution in [-0.4, -0.2) is 34.4 Å². The number of rotatable bonds is 5. The molecule has 2 aromatic carbocycles. The van der Waals surface area contributed by atoms with Crippen molar-refractivity contribution in [3.63, 3.8) is 0 Å². The Balaban J connectivity index is 1.79. The first-order chi connectivity index (χ1) is 15.2. The molecule has 32 heavy (non-hydrogen) atoms. The zero-order valence-electron chi connectivity index (χ0n) is 16.3. The smallest absolute Gasteiger partial charge is 0.442 e. The fourth-order valence-corrected chi connectivity index (χ4v) is 3.37. The molecule has 1 atom stereocenters. The number of alkyl halides is 3. The second kappa shape index (κ2) is 8.16. The highest BCUT2D eigenvalue weighted by Gasteiger charge is 2.67. The summed E-state index contributed by atoms with van der Waals surface area (Å²) in [5.74, 6) is -2.55. The van der Waals surface area contributed by atoms with Gasteiger partial charge in [-0.25, -0.2) is 4.99 Å². The molecule has 1 aliphatic rings. The second-order valence-corrected chi connectivity index (χ2v) is 7.38. The lowest BCUT2D eigenvalue weighted by atomic mass is 10.1. The summed E-state index contributed by atoms with van der Waals surface area (Å²) < 4.78 is 48.2. The number of furan rings is 1. The molecular weight excluding hydrogens is 447 g/mol. The Bertz CT molecular complexity index is 1160. The minimum Gasteiger partial charge on any atom is -0.467 e. The number of nitrogens with one attached hydrogen (secondary N) is 1. The molecule has 0 aliphatic carbocycles. The van der Waals surface area contributed by atoms with Gasteiger partial charge in [-0.15, -0.1) is 0 Å². The summed E-state index contributed by atoms with van der Waals surface area (Å²) in [6.07, 6.45) is -3.88. The van der Waals surface area contributed by atoms with E-state index in [1.807, 2.05) is 5.32 Å². The van der Waals surface area contributed by atoms with E-state index in [1.54, 1.807) is 24.3 Å². The predicted molar refractivity (Wildman–Crippen MR) is 110 cm³/mol. The number of amides is 2. The van der Waals surface area contributed by atoms with Gasteiger partial charge in [0.1, 0.15) is 11.6 Å². The van der Waals surface area contributed by atoms with Crippen molar-refractivity contribution in [2.45, 2.75) is 18.4 Å². The van der Waals surface area contributed by atoms with Crippen LogP contribution in [0.4, 0.5) is 13.2 Å². The monoisotopic (exact) mass is 461 g/mol. The van der Waals surface area contributed by atoms with Crippen molar-refractivity contribution in [2.75, 3.05) is 0 Å². The molecule has 1 N–H and O–H groups in total. The normalized spacial score (nSPS) is 18.6. The summed E-state index contributed by atoms with van der Waals surface area (Å²) in [6, 6.07) is 16.2. The van der Waals surface area contributed by atoms with Crippen LogP contribution in [-0.2, 0) is 11.3 Å². The second-order valence-electron chi connectivity index (χ2n) is 6.94. The molecule has 2 amide bonds. The number of amidine groups is 1. The molecule has 1 unspecified atom stereocenters. The summed E-state index contributed by atoms with van der Waals surface area (Å²) in [7, 11) is 0. The van der Waals surface area contributed by atoms with Gasteiger partial charge in [0.2, 0.25) is 0 Å². The highest BCUT2D eigenvalue weighted by molar-refractivity contribution is 6.30. The first-order valence-corrected chi connectivity index (χ1v) is 9.73. The van der Waals surface area contributed by atoms with Crippen LogP contribution in [0.3, 0.4) is 0 Å². The Kier molecular flexibility index (Phi) is 5.52. The summed E-state index contributed by atoms with van der Waals surface area (Å²) >= 11 is 5.78. The Labute approximate surface area is 185 Å². The maximum absolute atomic E-state index is 14.3. The van der Waals surface area contributed by atoms with Gasteiger partial charge >= 0.3 is 11.8 Å². The number of halogens is 4. The van der Waals surface area contributed by atoms with Gasteiger partial charge in [0.05, 0.1) is 12.8 Å². The average molecular weight is 462 g/mol. The summed E-state index contributed by atoms with van der Waals surface area (Å²) in [6.45, 7) is -0.297. The lowest BCUT2D eigenvalue weighted by Gasteiger charge is -2.29. The van der Waals surface area contributed by atoms with E-state index in [-0.39, 0.29) is 29.3 Å². The number of aliphatic imine (C=N–C) groups is 1. The van der Waals surface area contributed by atoms with Crippen molar-refractivity contribution in [3.05, 3.63) is 94.9 Å². The highest BCUT2D eigenvalue weighted by atomic mass is 35.5. The molecule has 0 fully saturated rings. The molecule has 3 aromatic rings. The Morgan fingerprint density at radius 3 is 2.34 bits per heavy atom. The SMILES string of the molecule is O=C(NC1(C(F)(F)F)N=C(c2ccccc2)N(Cc2ccco2)C1=O)c1ccc(Cl)cc1. The Morgan fingerprint density at radius 2 is 1.75 bits per heavy atom. The van der Waals surface area contributed by atoms with Crippen LogP contribution in [0.5, 0.6) is 0 Å². The number of carbonyl (C=O) groups excluding carboxylic acids is 2. The van der Waals surface area contributed by atoms with E-state index in [0.717, 1.165) is 4.90 Å². The Morgan fingerprint density at radius 1 is 1.06 bits per heavy atom. The predicted octanol–water partition coefficient (Wildman–Crippen LogP) is 4.41. The van der Waals surface area contributed by atoms with E-state index in [0.29, 0.717) is 5.02 Å². The number of hydrogen-bond donors (Lipinski definition) is 1. The molecule has 0 spiro atoms. The third-order valence-corrected chi connectivity index (χ3v) is 5.07. The van der Waals surface area contributed by atoms with E-state index < -0.39 is 23.7 Å². The fraction of sp³-hybridized carbons (Fsp3) is 0.136. The molecule has 0 bridgehead atoms. The third kappa shape index (κ3) is 3.87. The van der Waals surface area contributed by atoms with Gasteiger partial charge in [-0.3, -0.25) is 14.5 Å². The van der Waals surface area contributed by atoms with Gasteiger partial charge in [-0.2, -0.15) is 13.2 Å². The minimum atomic E-state index is -5.22. The summed E-state index contributed by atoms with van der Waals surface area (Å²) in [5, 5.41) is 2.11. The number of carbonyl (C=O) groups is 2. The molecule has 0 radical (unpaired) electrons. The maximum atomic E-state index is 14.3. The Hall–Kier alpha value is -3.59. The van der Waals surface area contributed by atoms with Gasteiger partial charge in [-0.05, 0) is 36.4 Å². The van der Waals surface area contributed by atoms with Crippen molar-refractivity contribution >= 4 is 29.3 Å². The minimum absolute atomic E-state index is 0.105. The van der Waals surface area contributed by atoms with E-state index in [9.17, 15) is 22.8 Å². The lowest BCUT2D eigenvalue weighted by Crippen LogP contribution is -2.63. The fourth-order valence-electron chi connectivity index (χ4n) is 3.25. The molecule has 2 heterocycles. The van der Waals surface area contributed by atoms with Gasteiger partial charge in [-0.1, -0.05) is 41.9 Å². The first-order valence-electron chi connectivity index (χ1n) is 9.36. The lowest BCUT2D eigenvalue weighted by molar-refractivity contribution is -0.196. The molecule has 0 saturated heterocycles. The average Bonchev–Trinajstić information content (AvgIpc) is 3.37. The van der Waals surface area contributed by atoms with Crippen LogP contribution in [0.15, 0.2) is 82.4 Å². The van der Waals surface area contributed by atoms with Crippen LogP contribution in [0.1, 0.15) is 21.7 Å². The number of nitrogens with zero attached hydrogens (tertiary/aromatic N) is 2. The van der Waals surface area contributed by atoms with E-state index in [2.05, 4.69) is 4.99 Å². The highest BCUT2D eigenvalue weighted by Crippen LogP contribution is 2.39. The molecule has 1 aromatic heterocycles. The van der Waals surface area contributed by atoms with Gasteiger partial charge < -0.3 is 9.73 Å². The molecule has 4 rings (SSSR count). The quantitative estimate of drug-likeness (QED) is 0.611. The maximum Gasteiger partial charge on any atom is 0.442 e. The topological polar surface area (TPSA) is 74.9 Å². The van der Waals surface area contributed by atoms with E-state index >= 15 is 0 Å². The van der Waals surface area contributed by atoms with Crippen LogP contribution in [0.25, 0.3) is 0 Å². The third-order valence-electron chi connectivity index (χ3n) is 4.82. The van der Waals surface area contributed by atoms with Crippen LogP contribution >= 0.6 is 11.6 Å². The van der Waals surface area contributed by atoms with Gasteiger partial charge in [0, 0.05) is 16.1 Å². The standard InChI is InChI=1S/C22H15ClF3N3O3/c23-16-10-8-15(9-11-16)19(30)28-21(22(24,25)26)20(31)29(13-17-7-4-12-32-17)18(27-21)14-5-2-1-3-6-14/h1-12H,13H2,(H,28,30). The van der Waals surface area contributed by atoms with Gasteiger partial charge in [0.15, 0.2) is 0 Å². The zero-order valence-corrected chi connectivity index (χ0v) is 17.0. The van der Waals surface area contributed by atoms with Crippen LogP contribution in [0, 0.1) is 0 Å². The van der Waals surface area contributed by atoms with Crippen LogP contribution in [0.2, 0.25) is 5.02 Å². The number of hydrogen-bond acceptors (Lipinski definition) is 4. The van der Waals surface area contributed by atoms with Crippen molar-refractivity contribution in [3.8, 4) is 0 Å². The molecule has 164 valence electrons. The molecule has 6 nitrogen and oxygen atoms in total. The molecule has 10 heteroatoms. The van der Waals surface area contributed by atoms with E-state index in [4.69, 9.17) is 16.0 Å². The van der Waals surface area contributed by atoms with Crippen molar-refractivity contribution < 1.29 is 27.2 Å². The van der Waals surface area contributed by atoms with Crippen molar-refractivity contribution in [1.82, 2.24) is 10.2 Å². The van der Waals surface area contributed by atoms with Crippen LogP contribution < -0.4 is 5.32 Å². The van der Waals surface area contributed by atoms with Gasteiger partial charge in [0.25, 0.3) is 11.8 Å². The first kappa shape index (κ1) is 21.6. The summed E-state index contributed by atoms with van der Waals surface area (Å²) in [4.78, 5) is 30.5. The zero-order chi connectivity index (χ0) is 22.9. The van der Waals surface area contributed by atoms with Crippen molar-refractivity contribution in [1.29, 1.82) is 0 Å². The largest absolute Gasteiger partial charge is 0.467 e. The molecule has 0 saturated carbocycles. The number of benzene rings is 2. The molecule has 1 aliphatic heterocycles.